The molecule has 0 unspecified atom stereocenters. The number of thiophene rings is 1. The number of methoxy groups -OCH3 is 1. The van der Waals surface area contributed by atoms with Gasteiger partial charge < -0.3 is 10.5 Å². The van der Waals surface area contributed by atoms with Gasteiger partial charge in [0.05, 0.1) is 12.5 Å². The Hall–Kier alpha value is -2.67. The van der Waals surface area contributed by atoms with Gasteiger partial charge in [-0.25, -0.2) is 4.98 Å². The van der Waals surface area contributed by atoms with Crippen molar-refractivity contribution in [3.8, 4) is 16.9 Å². The van der Waals surface area contributed by atoms with E-state index in [4.69, 9.17) is 15.5 Å². The van der Waals surface area contributed by atoms with E-state index in [1.54, 1.807) is 23.0 Å². The van der Waals surface area contributed by atoms with Crippen LogP contribution in [0, 0.1) is 0 Å². The zero-order chi connectivity index (χ0) is 21.0. The standard InChI is InChI=1S/C22H27N3O3S/c1-4-8-18-24-21-20(22(27)25(18)12-7-11-17(23)26)19(16(5-2)29-21)14-9-6-10-15(13-14)28-3/h6,9-10,13H,4-5,7-8,11-12H2,1-3H3,(H2,23,26). The summed E-state index contributed by atoms with van der Waals surface area (Å²) in [5, 5.41) is 0.652. The third-order valence-corrected chi connectivity index (χ3v) is 6.15. The van der Waals surface area contributed by atoms with Gasteiger partial charge in [-0.1, -0.05) is 26.0 Å². The Kier molecular flexibility index (Phi) is 6.69. The smallest absolute Gasteiger partial charge is 0.262 e. The van der Waals surface area contributed by atoms with Crippen LogP contribution >= 0.6 is 11.3 Å². The number of amides is 1. The minimum Gasteiger partial charge on any atom is -0.497 e. The van der Waals surface area contributed by atoms with Crippen LogP contribution in [0.3, 0.4) is 0 Å². The summed E-state index contributed by atoms with van der Waals surface area (Å²) in [5.41, 5.74) is 7.13. The van der Waals surface area contributed by atoms with Gasteiger partial charge in [-0.3, -0.25) is 14.2 Å². The van der Waals surface area contributed by atoms with Crippen molar-refractivity contribution in [2.45, 2.75) is 52.5 Å². The number of rotatable bonds is 9. The lowest BCUT2D eigenvalue weighted by atomic mass is 10.0. The number of ether oxygens (including phenoxy) is 1. The van der Waals surface area contributed by atoms with E-state index in [2.05, 4.69) is 13.8 Å². The zero-order valence-corrected chi connectivity index (χ0v) is 18.0. The van der Waals surface area contributed by atoms with Crippen molar-refractivity contribution in [1.82, 2.24) is 9.55 Å². The van der Waals surface area contributed by atoms with E-state index in [1.807, 2.05) is 24.3 Å². The molecule has 7 heteroatoms. The number of aryl methyl sites for hydroxylation is 2. The molecule has 0 atom stereocenters. The summed E-state index contributed by atoms with van der Waals surface area (Å²) < 4.78 is 7.11. The van der Waals surface area contributed by atoms with Gasteiger partial charge in [0.1, 0.15) is 16.4 Å². The molecule has 0 aliphatic rings. The second-order valence-corrected chi connectivity index (χ2v) is 8.05. The van der Waals surface area contributed by atoms with E-state index < -0.39 is 0 Å². The van der Waals surface area contributed by atoms with Crippen molar-refractivity contribution < 1.29 is 9.53 Å². The molecule has 0 fully saturated rings. The lowest BCUT2D eigenvalue weighted by Gasteiger charge is -2.12. The first kappa shape index (κ1) is 21.0. The third-order valence-electron chi connectivity index (χ3n) is 4.92. The second kappa shape index (κ2) is 9.22. The van der Waals surface area contributed by atoms with E-state index >= 15 is 0 Å². The molecule has 1 aromatic carbocycles. The molecule has 29 heavy (non-hydrogen) atoms. The number of benzene rings is 1. The van der Waals surface area contributed by atoms with Gasteiger partial charge in [-0.05, 0) is 37.0 Å². The minimum absolute atomic E-state index is 0.0447. The Morgan fingerprint density at radius 3 is 2.76 bits per heavy atom. The van der Waals surface area contributed by atoms with E-state index in [9.17, 15) is 9.59 Å². The molecule has 0 aliphatic heterocycles. The molecule has 0 spiro atoms. The molecule has 0 saturated carbocycles. The Morgan fingerprint density at radius 2 is 2.10 bits per heavy atom. The van der Waals surface area contributed by atoms with E-state index in [-0.39, 0.29) is 17.9 Å². The molecule has 3 rings (SSSR count). The average Bonchev–Trinajstić information content (AvgIpc) is 3.09. The van der Waals surface area contributed by atoms with Crippen LogP contribution in [0.4, 0.5) is 0 Å². The van der Waals surface area contributed by atoms with Crippen LogP contribution < -0.4 is 16.0 Å². The molecule has 2 heterocycles. The topological polar surface area (TPSA) is 87.2 Å². The summed E-state index contributed by atoms with van der Waals surface area (Å²) >= 11 is 1.58. The Bertz CT molecular complexity index is 1080. The number of fused-ring (bicyclic) bond motifs is 1. The van der Waals surface area contributed by atoms with Crippen LogP contribution in [-0.2, 0) is 24.2 Å². The van der Waals surface area contributed by atoms with Gasteiger partial charge in [-0.15, -0.1) is 11.3 Å². The lowest BCUT2D eigenvalue weighted by molar-refractivity contribution is -0.118. The maximum absolute atomic E-state index is 13.6. The fourth-order valence-electron chi connectivity index (χ4n) is 3.56. The van der Waals surface area contributed by atoms with Gasteiger partial charge >= 0.3 is 0 Å². The number of primary amides is 1. The van der Waals surface area contributed by atoms with Gasteiger partial charge in [0.15, 0.2) is 0 Å². The molecule has 2 aromatic heterocycles. The van der Waals surface area contributed by atoms with Gasteiger partial charge in [0.25, 0.3) is 5.56 Å². The molecule has 1 amide bonds. The van der Waals surface area contributed by atoms with Crippen LogP contribution in [0.5, 0.6) is 5.75 Å². The van der Waals surface area contributed by atoms with Gasteiger partial charge in [-0.2, -0.15) is 0 Å². The summed E-state index contributed by atoms with van der Waals surface area (Å²) in [6.45, 7) is 4.60. The Morgan fingerprint density at radius 1 is 1.31 bits per heavy atom. The van der Waals surface area contributed by atoms with Crippen molar-refractivity contribution in [2.24, 2.45) is 5.73 Å². The lowest BCUT2D eigenvalue weighted by Crippen LogP contribution is -2.26. The monoisotopic (exact) mass is 413 g/mol. The second-order valence-electron chi connectivity index (χ2n) is 6.97. The Labute approximate surface area is 174 Å². The summed E-state index contributed by atoms with van der Waals surface area (Å²) in [6, 6.07) is 7.78. The number of aromatic nitrogens is 2. The molecule has 3 aromatic rings. The van der Waals surface area contributed by atoms with Crippen LogP contribution in [-0.4, -0.2) is 22.6 Å². The minimum atomic E-state index is -0.356. The molecular weight excluding hydrogens is 386 g/mol. The molecule has 154 valence electrons. The zero-order valence-electron chi connectivity index (χ0n) is 17.2. The largest absolute Gasteiger partial charge is 0.497 e. The van der Waals surface area contributed by atoms with Crippen LogP contribution in [0.15, 0.2) is 29.1 Å². The van der Waals surface area contributed by atoms with Gasteiger partial charge in [0.2, 0.25) is 5.91 Å². The van der Waals surface area contributed by atoms with Crippen LogP contribution in [0.1, 0.15) is 43.8 Å². The van der Waals surface area contributed by atoms with Crippen LogP contribution in [0.25, 0.3) is 21.3 Å². The molecule has 0 aliphatic carbocycles. The molecule has 0 radical (unpaired) electrons. The number of carbonyl (C=O) groups excluding carboxylic acids is 1. The van der Waals surface area contributed by atoms with Crippen molar-refractivity contribution in [3.63, 3.8) is 0 Å². The predicted molar refractivity (Wildman–Crippen MR) is 118 cm³/mol. The average molecular weight is 414 g/mol. The van der Waals surface area contributed by atoms with Gasteiger partial charge in [0, 0.05) is 29.8 Å². The van der Waals surface area contributed by atoms with Crippen LogP contribution in [0.2, 0.25) is 0 Å². The highest BCUT2D eigenvalue weighted by atomic mass is 32.1. The highest BCUT2D eigenvalue weighted by Gasteiger charge is 2.21. The number of nitrogens with two attached hydrogens (primary N) is 1. The maximum atomic E-state index is 13.6. The molecular formula is C22H27N3O3S. The molecule has 0 bridgehead atoms. The molecule has 2 N–H and O–H groups in total. The predicted octanol–water partition coefficient (Wildman–Crippen LogP) is 3.91. The Balaban J connectivity index is 2.23. The van der Waals surface area contributed by atoms with Crippen molar-refractivity contribution in [1.29, 1.82) is 0 Å². The highest BCUT2D eigenvalue weighted by molar-refractivity contribution is 7.19. The first-order valence-corrected chi connectivity index (χ1v) is 10.8. The van der Waals surface area contributed by atoms with Crippen molar-refractivity contribution in [2.75, 3.05) is 7.11 Å². The van der Waals surface area contributed by atoms with E-state index in [0.29, 0.717) is 18.4 Å². The summed E-state index contributed by atoms with van der Waals surface area (Å²) in [4.78, 5) is 31.5. The number of carbonyl (C=O) groups is 1. The first-order chi connectivity index (χ1) is 14.0. The fourth-order valence-corrected chi connectivity index (χ4v) is 4.70. The maximum Gasteiger partial charge on any atom is 0.262 e. The normalized spacial score (nSPS) is 11.1. The fraction of sp³-hybridized carbons (Fsp3) is 0.409. The van der Waals surface area contributed by atoms with Crippen molar-refractivity contribution >= 4 is 27.5 Å². The molecule has 0 saturated heterocycles. The molecule has 6 nitrogen and oxygen atoms in total. The van der Waals surface area contributed by atoms with Crippen molar-refractivity contribution in [3.05, 3.63) is 45.3 Å². The first-order valence-electron chi connectivity index (χ1n) is 9.97. The summed E-state index contributed by atoms with van der Waals surface area (Å²) in [7, 11) is 1.63. The third kappa shape index (κ3) is 4.34. The summed E-state index contributed by atoms with van der Waals surface area (Å²) in [6.07, 6.45) is 3.21. The number of nitrogens with zero attached hydrogens (tertiary/aromatic N) is 2. The van der Waals surface area contributed by atoms with E-state index in [1.165, 1.54) is 0 Å². The summed E-state index contributed by atoms with van der Waals surface area (Å²) in [5.74, 6) is 1.17. The quantitative estimate of drug-likeness (QED) is 0.576. The highest BCUT2D eigenvalue weighted by Crippen LogP contribution is 2.38. The number of hydrogen-bond donors (Lipinski definition) is 1. The number of hydrogen-bond acceptors (Lipinski definition) is 5. The van der Waals surface area contributed by atoms with E-state index in [0.717, 1.165) is 51.7 Å². The SMILES string of the molecule is CCCc1nc2sc(CC)c(-c3cccc(OC)c3)c2c(=O)n1CCCC(N)=O.